The van der Waals surface area contributed by atoms with Gasteiger partial charge in [0.15, 0.2) is 6.10 Å². The Hall–Kier alpha value is -2.37. The second kappa shape index (κ2) is 9.42. The zero-order valence-corrected chi connectivity index (χ0v) is 16.9. The van der Waals surface area contributed by atoms with E-state index < -0.39 is 6.10 Å². The summed E-state index contributed by atoms with van der Waals surface area (Å²) in [5.74, 6) is 0.829. The van der Waals surface area contributed by atoms with E-state index in [0.29, 0.717) is 19.8 Å². The number of fused-ring (bicyclic) bond motifs is 1. The highest BCUT2D eigenvalue weighted by Gasteiger charge is 2.31. The zero-order valence-electron chi connectivity index (χ0n) is 16.9. The molecule has 2 aromatic carbocycles. The summed E-state index contributed by atoms with van der Waals surface area (Å²) in [7, 11) is 0. The predicted molar refractivity (Wildman–Crippen MR) is 111 cm³/mol. The lowest BCUT2D eigenvalue weighted by molar-refractivity contribution is -0.142. The molecule has 5 nitrogen and oxygen atoms in total. The number of amides is 1. The third-order valence-corrected chi connectivity index (χ3v) is 5.69. The van der Waals surface area contributed by atoms with Crippen LogP contribution in [0, 0.1) is 0 Å². The molecule has 2 aromatic rings. The summed E-state index contributed by atoms with van der Waals surface area (Å²) >= 11 is 0. The predicted octanol–water partition coefficient (Wildman–Crippen LogP) is 4.13. The molecule has 1 fully saturated rings. The number of ether oxygens (including phenoxy) is 3. The fourth-order valence-corrected chi connectivity index (χ4v) is 4.09. The average Bonchev–Trinajstić information content (AvgIpc) is 2.78. The minimum absolute atomic E-state index is 0.0355. The van der Waals surface area contributed by atoms with Crippen LogP contribution in [0.25, 0.3) is 0 Å². The summed E-state index contributed by atoms with van der Waals surface area (Å²) in [4.78, 5) is 13.3. The first kappa shape index (κ1) is 19.9. The van der Waals surface area contributed by atoms with Gasteiger partial charge in [0, 0.05) is 25.2 Å². The van der Waals surface area contributed by atoms with Gasteiger partial charge in [-0.15, -0.1) is 0 Å². The summed E-state index contributed by atoms with van der Waals surface area (Å²) in [6, 6.07) is 15.9. The maximum atomic E-state index is 13.3. The van der Waals surface area contributed by atoms with Gasteiger partial charge in [-0.3, -0.25) is 4.79 Å². The largest absolute Gasteiger partial charge is 0.493 e. The fourth-order valence-electron chi connectivity index (χ4n) is 4.09. The molecule has 29 heavy (non-hydrogen) atoms. The van der Waals surface area contributed by atoms with Crippen LogP contribution in [0.5, 0.6) is 5.75 Å². The van der Waals surface area contributed by atoms with Crippen LogP contribution in [0.1, 0.15) is 55.0 Å². The van der Waals surface area contributed by atoms with Crippen molar-refractivity contribution >= 4 is 5.91 Å². The number of benzene rings is 2. The Balaban J connectivity index is 1.54. The van der Waals surface area contributed by atoms with Crippen molar-refractivity contribution in [1.29, 1.82) is 0 Å². The van der Waals surface area contributed by atoms with Gasteiger partial charge in [0.25, 0.3) is 5.91 Å². The molecule has 2 atom stereocenters. The Morgan fingerprint density at radius 1 is 1.07 bits per heavy atom. The third kappa shape index (κ3) is 4.62. The van der Waals surface area contributed by atoms with Crippen molar-refractivity contribution in [3.05, 3.63) is 65.2 Å². The maximum absolute atomic E-state index is 13.3. The SMILES string of the molecule is CCc1cccc2c1OCCC2NC(=O)C(OC1CCOCC1)c1ccccc1. The van der Waals surface area contributed by atoms with Crippen LogP contribution in [0.2, 0.25) is 0 Å². The molecule has 0 spiro atoms. The number of rotatable bonds is 6. The van der Waals surface area contributed by atoms with E-state index in [2.05, 4.69) is 24.4 Å². The van der Waals surface area contributed by atoms with Crippen molar-refractivity contribution in [1.82, 2.24) is 5.32 Å². The van der Waals surface area contributed by atoms with Crippen molar-refractivity contribution < 1.29 is 19.0 Å². The molecule has 1 amide bonds. The highest BCUT2D eigenvalue weighted by Crippen LogP contribution is 2.36. The van der Waals surface area contributed by atoms with Gasteiger partial charge in [0.1, 0.15) is 5.75 Å². The first-order valence-corrected chi connectivity index (χ1v) is 10.6. The molecule has 1 saturated heterocycles. The molecule has 4 rings (SSSR count). The molecule has 2 aliphatic rings. The summed E-state index contributed by atoms with van der Waals surface area (Å²) in [6.07, 6.45) is 2.70. The molecule has 154 valence electrons. The Morgan fingerprint density at radius 2 is 1.86 bits per heavy atom. The smallest absolute Gasteiger partial charge is 0.254 e. The second-order valence-electron chi connectivity index (χ2n) is 7.63. The van der Waals surface area contributed by atoms with Crippen LogP contribution in [0.3, 0.4) is 0 Å². The van der Waals surface area contributed by atoms with Crippen LogP contribution >= 0.6 is 0 Å². The van der Waals surface area contributed by atoms with Gasteiger partial charge < -0.3 is 19.5 Å². The van der Waals surface area contributed by atoms with Crippen LogP contribution in [0.4, 0.5) is 0 Å². The number of hydrogen-bond acceptors (Lipinski definition) is 4. The van der Waals surface area contributed by atoms with Gasteiger partial charge in [-0.25, -0.2) is 0 Å². The molecule has 2 heterocycles. The molecule has 5 heteroatoms. The lowest BCUT2D eigenvalue weighted by Gasteiger charge is -2.31. The second-order valence-corrected chi connectivity index (χ2v) is 7.63. The van der Waals surface area contributed by atoms with Crippen molar-refractivity contribution in [2.24, 2.45) is 0 Å². The number of carbonyl (C=O) groups is 1. The average molecular weight is 395 g/mol. The van der Waals surface area contributed by atoms with E-state index in [1.807, 2.05) is 36.4 Å². The molecule has 0 aromatic heterocycles. The quantitative estimate of drug-likeness (QED) is 0.799. The summed E-state index contributed by atoms with van der Waals surface area (Å²) in [5, 5.41) is 3.24. The normalized spacial score (nSPS) is 20.4. The Bertz CT molecular complexity index is 817. The highest BCUT2D eigenvalue weighted by molar-refractivity contribution is 5.82. The molecular formula is C24H29NO4. The number of nitrogens with one attached hydrogen (secondary N) is 1. The minimum Gasteiger partial charge on any atom is -0.493 e. The molecular weight excluding hydrogens is 366 g/mol. The van der Waals surface area contributed by atoms with Gasteiger partial charge in [-0.2, -0.15) is 0 Å². The summed E-state index contributed by atoms with van der Waals surface area (Å²) in [5.41, 5.74) is 3.12. The van der Waals surface area contributed by atoms with Crippen molar-refractivity contribution in [3.8, 4) is 5.75 Å². The first-order chi connectivity index (χ1) is 14.3. The van der Waals surface area contributed by atoms with E-state index in [1.54, 1.807) is 0 Å². The van der Waals surface area contributed by atoms with Crippen LogP contribution < -0.4 is 10.1 Å². The summed E-state index contributed by atoms with van der Waals surface area (Å²) in [6.45, 7) is 4.09. The number of para-hydroxylation sites is 1. The third-order valence-electron chi connectivity index (χ3n) is 5.69. The standard InChI is InChI=1S/C24H29NO4/c1-2-17-9-6-10-20-21(13-16-28-22(17)20)25-24(26)23(18-7-4-3-5-8-18)29-19-11-14-27-15-12-19/h3-10,19,21,23H,2,11-16H2,1H3,(H,25,26). The van der Waals surface area contributed by atoms with E-state index in [9.17, 15) is 4.79 Å². The van der Waals surface area contributed by atoms with Gasteiger partial charge >= 0.3 is 0 Å². The van der Waals surface area contributed by atoms with Gasteiger partial charge in [0.05, 0.1) is 18.8 Å². The number of hydrogen-bond donors (Lipinski definition) is 1. The topological polar surface area (TPSA) is 56.8 Å². The van der Waals surface area contributed by atoms with Crippen LogP contribution in [-0.2, 0) is 20.7 Å². The molecule has 0 bridgehead atoms. The van der Waals surface area contributed by atoms with Crippen molar-refractivity contribution in [3.63, 3.8) is 0 Å². The molecule has 0 aliphatic carbocycles. The Kier molecular flexibility index (Phi) is 6.47. The molecule has 0 saturated carbocycles. The van der Waals surface area contributed by atoms with E-state index in [4.69, 9.17) is 14.2 Å². The fraction of sp³-hybridized carbons (Fsp3) is 0.458. The van der Waals surface area contributed by atoms with Crippen LogP contribution in [0.15, 0.2) is 48.5 Å². The number of carbonyl (C=O) groups excluding carboxylic acids is 1. The summed E-state index contributed by atoms with van der Waals surface area (Å²) < 4.78 is 17.7. The Labute approximate surface area is 172 Å². The zero-order chi connectivity index (χ0) is 20.1. The van der Waals surface area contributed by atoms with Gasteiger partial charge in [0.2, 0.25) is 0 Å². The van der Waals surface area contributed by atoms with Crippen LogP contribution in [-0.4, -0.2) is 31.8 Å². The maximum Gasteiger partial charge on any atom is 0.254 e. The molecule has 2 aliphatic heterocycles. The van der Waals surface area contributed by atoms with E-state index in [0.717, 1.165) is 42.6 Å². The van der Waals surface area contributed by atoms with Crippen molar-refractivity contribution in [2.45, 2.75) is 50.9 Å². The van der Waals surface area contributed by atoms with E-state index >= 15 is 0 Å². The minimum atomic E-state index is -0.625. The molecule has 1 N–H and O–H groups in total. The van der Waals surface area contributed by atoms with Gasteiger partial charge in [-0.05, 0) is 30.4 Å². The molecule has 2 unspecified atom stereocenters. The van der Waals surface area contributed by atoms with Gasteiger partial charge in [-0.1, -0.05) is 55.5 Å². The lowest BCUT2D eigenvalue weighted by atomic mass is 9.96. The number of aryl methyl sites for hydroxylation is 1. The van der Waals surface area contributed by atoms with Crippen molar-refractivity contribution in [2.75, 3.05) is 19.8 Å². The van der Waals surface area contributed by atoms with E-state index in [1.165, 1.54) is 5.56 Å². The lowest BCUT2D eigenvalue weighted by Crippen LogP contribution is -2.38. The Morgan fingerprint density at radius 3 is 2.62 bits per heavy atom. The molecule has 0 radical (unpaired) electrons. The monoisotopic (exact) mass is 395 g/mol. The highest BCUT2D eigenvalue weighted by atomic mass is 16.5. The first-order valence-electron chi connectivity index (χ1n) is 10.6. The van der Waals surface area contributed by atoms with E-state index in [-0.39, 0.29) is 18.1 Å².